The molecule has 2 heterocycles. The Morgan fingerprint density at radius 2 is 2.15 bits per heavy atom. The molecule has 0 aliphatic carbocycles. The first kappa shape index (κ1) is 15.3. The molecule has 2 rings (SSSR count). The van der Waals surface area contributed by atoms with Crippen LogP contribution in [0.25, 0.3) is 0 Å². The molecule has 0 radical (unpaired) electrons. The van der Waals surface area contributed by atoms with Crippen molar-refractivity contribution in [1.29, 1.82) is 0 Å². The number of ether oxygens (including phenoxy) is 1. The number of rotatable bonds is 2. The SMILES string of the molecule is CCn1ncc(Br)c1C1(O)CN(C(=O)OC(C)(C)C)C1. The number of β-amino-alcohol motifs (C(OH)–C–C–N with tert-alkyl or cyclic N) is 1. The fraction of sp³-hybridized carbons (Fsp3) is 0.692. The lowest BCUT2D eigenvalue weighted by Crippen LogP contribution is -2.62. The minimum Gasteiger partial charge on any atom is -0.444 e. The summed E-state index contributed by atoms with van der Waals surface area (Å²) in [5.41, 5.74) is -0.890. The average molecular weight is 346 g/mol. The smallest absolute Gasteiger partial charge is 0.410 e. The van der Waals surface area contributed by atoms with Crippen molar-refractivity contribution in [3.05, 3.63) is 16.4 Å². The maximum Gasteiger partial charge on any atom is 0.410 e. The van der Waals surface area contributed by atoms with Gasteiger partial charge in [0.05, 0.1) is 29.5 Å². The molecule has 1 aliphatic heterocycles. The second kappa shape index (κ2) is 5.04. The Morgan fingerprint density at radius 3 is 2.65 bits per heavy atom. The maximum absolute atomic E-state index is 11.9. The highest BCUT2D eigenvalue weighted by Gasteiger charge is 2.49. The molecular weight excluding hydrogens is 326 g/mol. The van der Waals surface area contributed by atoms with Gasteiger partial charge in [-0.3, -0.25) is 4.68 Å². The van der Waals surface area contributed by atoms with Crippen LogP contribution < -0.4 is 0 Å². The Balaban J connectivity index is 2.07. The van der Waals surface area contributed by atoms with Crippen molar-refractivity contribution < 1.29 is 14.6 Å². The molecule has 112 valence electrons. The molecule has 0 atom stereocenters. The molecule has 1 aliphatic rings. The number of carbonyl (C=O) groups excluding carboxylic acids is 1. The van der Waals surface area contributed by atoms with Gasteiger partial charge < -0.3 is 14.7 Å². The van der Waals surface area contributed by atoms with Crippen LogP contribution in [0.5, 0.6) is 0 Å². The van der Waals surface area contributed by atoms with Crippen LogP contribution in [0.15, 0.2) is 10.7 Å². The fourth-order valence-electron chi connectivity index (χ4n) is 2.26. The number of aryl methyl sites for hydroxylation is 1. The van der Waals surface area contributed by atoms with E-state index in [9.17, 15) is 9.90 Å². The largest absolute Gasteiger partial charge is 0.444 e. The summed E-state index contributed by atoms with van der Waals surface area (Å²) in [5, 5.41) is 14.8. The molecule has 0 bridgehead atoms. The van der Waals surface area contributed by atoms with Crippen LogP contribution >= 0.6 is 15.9 Å². The van der Waals surface area contributed by atoms with Crippen LogP contribution in [-0.2, 0) is 16.9 Å². The lowest BCUT2D eigenvalue weighted by molar-refractivity contribution is -0.108. The predicted molar refractivity (Wildman–Crippen MR) is 77.3 cm³/mol. The first-order valence-corrected chi connectivity index (χ1v) is 7.37. The van der Waals surface area contributed by atoms with Gasteiger partial charge in [0.2, 0.25) is 0 Å². The van der Waals surface area contributed by atoms with E-state index in [2.05, 4.69) is 21.0 Å². The number of halogens is 1. The summed E-state index contributed by atoms with van der Waals surface area (Å²) in [4.78, 5) is 13.4. The molecule has 1 aromatic heterocycles. The highest BCUT2D eigenvalue weighted by molar-refractivity contribution is 9.10. The molecule has 0 spiro atoms. The van der Waals surface area contributed by atoms with E-state index in [1.165, 1.54) is 4.90 Å². The van der Waals surface area contributed by atoms with Gasteiger partial charge >= 0.3 is 6.09 Å². The van der Waals surface area contributed by atoms with Gasteiger partial charge in [0, 0.05) is 6.54 Å². The highest BCUT2D eigenvalue weighted by atomic mass is 79.9. The van der Waals surface area contributed by atoms with E-state index in [0.717, 1.165) is 4.47 Å². The molecule has 7 heteroatoms. The molecule has 1 fully saturated rings. The third kappa shape index (κ3) is 2.83. The molecule has 1 amide bonds. The third-order valence-corrected chi connectivity index (χ3v) is 3.67. The second-order valence-electron chi connectivity index (χ2n) is 6.02. The van der Waals surface area contributed by atoms with Gasteiger partial charge in [-0.1, -0.05) is 0 Å². The standard InChI is InChI=1S/C13H20BrN3O3/c1-5-17-10(9(14)6-15-17)13(19)7-16(8-13)11(18)20-12(2,3)4/h6,19H,5,7-8H2,1-4H3. The number of aromatic nitrogens is 2. The summed E-state index contributed by atoms with van der Waals surface area (Å²) in [5.74, 6) is 0. The maximum atomic E-state index is 11.9. The van der Waals surface area contributed by atoms with Gasteiger partial charge in [0.15, 0.2) is 0 Å². The number of hydrogen-bond acceptors (Lipinski definition) is 4. The van der Waals surface area contributed by atoms with Gasteiger partial charge in [-0.25, -0.2) is 4.79 Å². The van der Waals surface area contributed by atoms with Crippen LogP contribution in [0.1, 0.15) is 33.4 Å². The minimum absolute atomic E-state index is 0.214. The Bertz CT molecular complexity index is 515. The monoisotopic (exact) mass is 345 g/mol. The van der Waals surface area contributed by atoms with Gasteiger partial charge in [0.25, 0.3) is 0 Å². The summed E-state index contributed by atoms with van der Waals surface area (Å²) in [6.07, 6.45) is 1.26. The predicted octanol–water partition coefficient (Wildman–Crippen LogP) is 2.10. The van der Waals surface area contributed by atoms with Gasteiger partial charge in [0.1, 0.15) is 11.2 Å². The van der Waals surface area contributed by atoms with Gasteiger partial charge in [-0.05, 0) is 43.6 Å². The Morgan fingerprint density at radius 1 is 1.55 bits per heavy atom. The minimum atomic E-state index is -1.07. The van der Waals surface area contributed by atoms with Gasteiger partial charge in [-0.2, -0.15) is 5.10 Å². The second-order valence-corrected chi connectivity index (χ2v) is 6.88. The van der Waals surface area contributed by atoms with Crippen LogP contribution in [0.3, 0.4) is 0 Å². The number of aliphatic hydroxyl groups is 1. The van der Waals surface area contributed by atoms with Crippen LogP contribution in [-0.4, -0.2) is 44.6 Å². The van der Waals surface area contributed by atoms with Crippen molar-refractivity contribution in [2.24, 2.45) is 0 Å². The number of carbonyl (C=O) groups is 1. The molecule has 1 saturated heterocycles. The Hall–Kier alpha value is -1.08. The molecule has 6 nitrogen and oxygen atoms in total. The zero-order chi connectivity index (χ0) is 15.1. The van der Waals surface area contributed by atoms with Crippen molar-refractivity contribution in [2.75, 3.05) is 13.1 Å². The first-order chi connectivity index (χ1) is 9.16. The van der Waals surface area contributed by atoms with Crippen LogP contribution in [0, 0.1) is 0 Å². The third-order valence-electron chi connectivity index (χ3n) is 3.09. The molecule has 0 saturated carbocycles. The fourth-order valence-corrected chi connectivity index (χ4v) is 2.92. The van der Waals surface area contributed by atoms with Crippen LogP contribution in [0.2, 0.25) is 0 Å². The van der Waals surface area contributed by atoms with Crippen molar-refractivity contribution in [3.8, 4) is 0 Å². The lowest BCUT2D eigenvalue weighted by Gasteiger charge is -2.46. The van der Waals surface area contributed by atoms with E-state index in [-0.39, 0.29) is 13.1 Å². The lowest BCUT2D eigenvalue weighted by atomic mass is 9.90. The first-order valence-electron chi connectivity index (χ1n) is 6.58. The summed E-state index contributed by atoms with van der Waals surface area (Å²) in [7, 11) is 0. The zero-order valence-electron chi connectivity index (χ0n) is 12.2. The van der Waals surface area contributed by atoms with E-state index in [1.807, 2.05) is 27.7 Å². The van der Waals surface area contributed by atoms with Crippen molar-refractivity contribution >= 4 is 22.0 Å². The molecule has 1 N–H and O–H groups in total. The molecule has 20 heavy (non-hydrogen) atoms. The highest BCUT2D eigenvalue weighted by Crippen LogP contribution is 2.36. The summed E-state index contributed by atoms with van der Waals surface area (Å²) < 4.78 is 7.77. The molecular formula is C13H20BrN3O3. The van der Waals surface area contributed by atoms with E-state index in [0.29, 0.717) is 12.2 Å². The van der Waals surface area contributed by atoms with Crippen molar-refractivity contribution in [2.45, 2.75) is 45.4 Å². The normalized spacial score (nSPS) is 17.8. The number of hydrogen-bond donors (Lipinski definition) is 1. The quantitative estimate of drug-likeness (QED) is 0.891. The van der Waals surface area contributed by atoms with Crippen LogP contribution in [0.4, 0.5) is 4.79 Å². The van der Waals surface area contributed by atoms with E-state index >= 15 is 0 Å². The summed E-state index contributed by atoms with van der Waals surface area (Å²) >= 11 is 3.40. The summed E-state index contributed by atoms with van der Waals surface area (Å²) in [6.45, 7) is 8.50. The van der Waals surface area contributed by atoms with Gasteiger partial charge in [-0.15, -0.1) is 0 Å². The average Bonchev–Trinajstić information content (AvgIpc) is 2.64. The van der Waals surface area contributed by atoms with Crippen molar-refractivity contribution in [3.63, 3.8) is 0 Å². The van der Waals surface area contributed by atoms with E-state index in [1.54, 1.807) is 10.9 Å². The van der Waals surface area contributed by atoms with E-state index < -0.39 is 17.3 Å². The Kier molecular flexibility index (Phi) is 3.85. The molecule has 1 aromatic rings. The zero-order valence-corrected chi connectivity index (χ0v) is 13.8. The summed E-state index contributed by atoms with van der Waals surface area (Å²) in [6, 6.07) is 0. The number of likely N-dealkylation sites (tertiary alicyclic amines) is 1. The Labute approximate surface area is 126 Å². The van der Waals surface area contributed by atoms with E-state index in [4.69, 9.17) is 4.74 Å². The topological polar surface area (TPSA) is 67.6 Å². The number of amides is 1. The van der Waals surface area contributed by atoms with Crippen molar-refractivity contribution in [1.82, 2.24) is 14.7 Å². The number of nitrogens with zero attached hydrogens (tertiary/aromatic N) is 3. The molecule has 0 unspecified atom stereocenters. The molecule has 0 aromatic carbocycles.